The Hall–Kier alpha value is -0.830. The van der Waals surface area contributed by atoms with E-state index in [1.807, 2.05) is 28.8 Å². The van der Waals surface area contributed by atoms with Gasteiger partial charge in [-0.15, -0.1) is 11.8 Å². The molecular weight excluding hydrogens is 411 g/mol. The van der Waals surface area contributed by atoms with Gasteiger partial charge >= 0.3 is 0 Å². The van der Waals surface area contributed by atoms with Gasteiger partial charge in [-0.2, -0.15) is 0 Å². The van der Waals surface area contributed by atoms with E-state index in [1.54, 1.807) is 6.08 Å². The first-order valence-electron chi connectivity index (χ1n) is 6.18. The fourth-order valence-corrected chi connectivity index (χ4v) is 2.98. The van der Waals surface area contributed by atoms with Crippen molar-refractivity contribution in [2.24, 2.45) is 0 Å². The molecule has 1 unspecified atom stereocenters. The van der Waals surface area contributed by atoms with Crippen LogP contribution < -0.4 is 4.74 Å². The smallest absolute Gasteiger partial charge is 0.240 e. The third kappa shape index (κ3) is 3.50. The zero-order valence-corrected chi connectivity index (χ0v) is 14.5. The number of halogens is 3. The van der Waals surface area contributed by atoms with Crippen LogP contribution in [0.3, 0.4) is 0 Å². The molecule has 21 heavy (non-hydrogen) atoms. The fourth-order valence-electron chi connectivity index (χ4n) is 2.06. The number of hydrogen-bond acceptors (Lipinski definition) is 3. The molecular formula is C14H14F2INO2S. The summed E-state index contributed by atoms with van der Waals surface area (Å²) in [6, 6.07) is 2.29. The number of carbonyl (C=O) groups is 1. The summed E-state index contributed by atoms with van der Waals surface area (Å²) in [7, 11) is 1.52. The third-order valence-electron chi connectivity index (χ3n) is 3.09. The highest BCUT2D eigenvalue weighted by Gasteiger charge is 2.29. The van der Waals surface area contributed by atoms with Crippen LogP contribution in [0.25, 0.3) is 5.70 Å². The van der Waals surface area contributed by atoms with Crippen LogP contribution >= 0.6 is 34.4 Å². The number of allylic oxidation sites excluding steroid dienone is 1. The van der Waals surface area contributed by atoms with Crippen LogP contribution in [0.1, 0.15) is 12.0 Å². The van der Waals surface area contributed by atoms with Crippen LogP contribution in [0, 0.1) is 11.6 Å². The summed E-state index contributed by atoms with van der Waals surface area (Å²) in [5.41, 5.74) is 0.0741. The normalized spacial score (nSPS) is 18.7. The van der Waals surface area contributed by atoms with E-state index in [4.69, 9.17) is 4.74 Å². The quantitative estimate of drug-likeness (QED) is 0.419. The molecule has 0 bridgehead atoms. The number of carbonyl (C=O) groups excluding carboxylic acids is 1. The average molecular weight is 425 g/mol. The lowest BCUT2D eigenvalue weighted by atomic mass is 10.0. The first-order chi connectivity index (χ1) is 9.95. The van der Waals surface area contributed by atoms with Crippen molar-refractivity contribution in [2.45, 2.75) is 10.3 Å². The number of thioether (sulfide) groups is 1. The van der Waals surface area contributed by atoms with Gasteiger partial charge in [0.25, 0.3) is 0 Å². The first kappa shape index (κ1) is 16.5. The molecule has 0 aromatic heterocycles. The van der Waals surface area contributed by atoms with Crippen molar-refractivity contribution in [3.05, 3.63) is 35.4 Å². The van der Waals surface area contributed by atoms with E-state index in [9.17, 15) is 13.6 Å². The standard InChI is InChI=1S/C14H14F2INO2S/c1-18-12(4-3-11(17)14(18)19)13-9(15)5-8(6-10(13)16)20-7-21-2/h4-6,11H,3,7H2,1-2H3. The van der Waals surface area contributed by atoms with Crippen molar-refractivity contribution in [2.75, 3.05) is 19.2 Å². The van der Waals surface area contributed by atoms with Crippen LogP contribution in [0.4, 0.5) is 8.78 Å². The molecule has 3 nitrogen and oxygen atoms in total. The first-order valence-corrected chi connectivity index (χ1v) is 8.82. The fraction of sp³-hybridized carbons (Fsp3) is 0.357. The Kier molecular flexibility index (Phi) is 5.48. The predicted octanol–water partition coefficient (Wildman–Crippen LogP) is 3.67. The second-order valence-corrected chi connectivity index (χ2v) is 6.82. The number of alkyl halides is 1. The van der Waals surface area contributed by atoms with Crippen LogP contribution in [0.2, 0.25) is 0 Å². The molecule has 1 aromatic rings. The van der Waals surface area contributed by atoms with E-state index >= 15 is 0 Å². The maximum Gasteiger partial charge on any atom is 0.240 e. The second kappa shape index (κ2) is 6.95. The zero-order valence-electron chi connectivity index (χ0n) is 11.5. The molecule has 1 heterocycles. The van der Waals surface area contributed by atoms with Gasteiger partial charge in [0.2, 0.25) is 5.91 Å². The molecule has 0 radical (unpaired) electrons. The van der Waals surface area contributed by atoms with E-state index in [0.717, 1.165) is 12.1 Å². The van der Waals surface area contributed by atoms with Crippen LogP contribution in [-0.2, 0) is 4.79 Å². The molecule has 0 N–H and O–H groups in total. The molecule has 1 aliphatic rings. The Bertz CT molecular complexity index is 571. The monoisotopic (exact) mass is 425 g/mol. The lowest BCUT2D eigenvalue weighted by molar-refractivity contribution is -0.126. The molecule has 0 fully saturated rings. The minimum absolute atomic E-state index is 0.139. The molecule has 0 spiro atoms. The van der Waals surface area contributed by atoms with E-state index in [-0.39, 0.29) is 26.8 Å². The summed E-state index contributed by atoms with van der Waals surface area (Å²) in [6.45, 7) is 0. The number of benzene rings is 1. The molecule has 0 saturated carbocycles. The lowest BCUT2D eigenvalue weighted by Gasteiger charge is -2.28. The largest absolute Gasteiger partial charge is 0.483 e. The summed E-state index contributed by atoms with van der Waals surface area (Å²) in [4.78, 5) is 13.2. The van der Waals surface area contributed by atoms with Crippen LogP contribution in [0.15, 0.2) is 18.2 Å². The number of nitrogens with zero attached hydrogens (tertiary/aromatic N) is 1. The summed E-state index contributed by atoms with van der Waals surface area (Å²) < 4.78 is 33.4. The molecule has 2 rings (SSSR count). The lowest BCUT2D eigenvalue weighted by Crippen LogP contribution is -2.35. The van der Waals surface area contributed by atoms with Crippen LogP contribution in [-0.4, -0.2) is 34.0 Å². The van der Waals surface area contributed by atoms with E-state index in [0.29, 0.717) is 12.4 Å². The van der Waals surface area contributed by atoms with Gasteiger partial charge in [0.1, 0.15) is 23.3 Å². The van der Waals surface area contributed by atoms with Crippen molar-refractivity contribution in [3.63, 3.8) is 0 Å². The van der Waals surface area contributed by atoms with Crippen molar-refractivity contribution < 1.29 is 18.3 Å². The molecule has 0 saturated heterocycles. The van der Waals surface area contributed by atoms with E-state index in [1.165, 1.54) is 23.7 Å². The van der Waals surface area contributed by atoms with Crippen molar-refractivity contribution >= 4 is 46.0 Å². The highest BCUT2D eigenvalue weighted by Crippen LogP contribution is 2.32. The maximum absolute atomic E-state index is 14.2. The van der Waals surface area contributed by atoms with Gasteiger partial charge in [-0.25, -0.2) is 8.78 Å². The molecule has 1 aliphatic heterocycles. The number of hydrogen-bond donors (Lipinski definition) is 0. The molecule has 7 heteroatoms. The van der Waals surface area contributed by atoms with Gasteiger partial charge in [0.05, 0.1) is 15.2 Å². The molecule has 1 atom stereocenters. The van der Waals surface area contributed by atoms with Gasteiger partial charge in [-0.05, 0) is 12.7 Å². The predicted molar refractivity (Wildman–Crippen MR) is 88.5 cm³/mol. The molecule has 1 amide bonds. The summed E-state index contributed by atoms with van der Waals surface area (Å²) >= 11 is 3.43. The second-order valence-electron chi connectivity index (χ2n) is 4.50. The Morgan fingerprint density at radius 1 is 1.43 bits per heavy atom. The molecule has 1 aromatic carbocycles. The van der Waals surface area contributed by atoms with Crippen LogP contribution in [0.5, 0.6) is 5.75 Å². The number of ether oxygens (including phenoxy) is 1. The highest BCUT2D eigenvalue weighted by molar-refractivity contribution is 14.1. The van der Waals surface area contributed by atoms with Gasteiger partial charge in [-0.1, -0.05) is 28.7 Å². The minimum Gasteiger partial charge on any atom is -0.483 e. The molecule has 114 valence electrons. The summed E-state index contributed by atoms with van der Waals surface area (Å²) in [5.74, 6) is -1.17. The van der Waals surface area contributed by atoms with Gasteiger partial charge < -0.3 is 9.64 Å². The summed E-state index contributed by atoms with van der Waals surface area (Å²) in [6.07, 6.45) is 3.97. The van der Waals surface area contributed by atoms with E-state index in [2.05, 4.69) is 0 Å². The maximum atomic E-state index is 14.2. The van der Waals surface area contributed by atoms with Crippen molar-refractivity contribution in [3.8, 4) is 5.75 Å². The van der Waals surface area contributed by atoms with E-state index < -0.39 is 11.6 Å². The van der Waals surface area contributed by atoms with Crippen molar-refractivity contribution in [1.82, 2.24) is 4.90 Å². The number of rotatable bonds is 4. The van der Waals surface area contributed by atoms with Gasteiger partial charge in [0, 0.05) is 19.2 Å². The number of amides is 1. The Morgan fingerprint density at radius 3 is 2.62 bits per heavy atom. The zero-order chi connectivity index (χ0) is 15.6. The Balaban J connectivity index is 2.38. The highest BCUT2D eigenvalue weighted by atomic mass is 127. The third-order valence-corrected chi connectivity index (χ3v) is 4.49. The van der Waals surface area contributed by atoms with Crippen molar-refractivity contribution in [1.29, 1.82) is 0 Å². The van der Waals surface area contributed by atoms with Gasteiger partial charge in [0.15, 0.2) is 0 Å². The van der Waals surface area contributed by atoms with Gasteiger partial charge in [-0.3, -0.25) is 4.79 Å². The topological polar surface area (TPSA) is 29.5 Å². The average Bonchev–Trinajstić information content (AvgIpc) is 2.44. The Morgan fingerprint density at radius 2 is 2.05 bits per heavy atom. The SMILES string of the molecule is CSCOc1cc(F)c(C2=CCC(I)C(=O)N2C)c(F)c1. The summed E-state index contributed by atoms with van der Waals surface area (Å²) in [5, 5.41) is 0. The minimum atomic E-state index is -0.732. The molecule has 0 aliphatic carbocycles. The Labute approximate surface area is 139 Å².